The van der Waals surface area contributed by atoms with E-state index in [-0.39, 0.29) is 11.0 Å². The molecule has 1 heterocycles. The van der Waals surface area contributed by atoms with Gasteiger partial charge in [0, 0.05) is 28.4 Å². The summed E-state index contributed by atoms with van der Waals surface area (Å²) in [4.78, 5) is 13.1. The van der Waals surface area contributed by atoms with Crippen molar-refractivity contribution in [1.29, 1.82) is 0 Å². The summed E-state index contributed by atoms with van der Waals surface area (Å²) >= 11 is 13.0. The SMILES string of the molecule is CCOCCOc1cccc(NC(=S)NC(=O)c2sc3cc(OC)ccc3c2Cl)c1. The van der Waals surface area contributed by atoms with E-state index in [1.165, 1.54) is 11.3 Å². The molecule has 0 atom stereocenters. The molecule has 30 heavy (non-hydrogen) atoms. The molecule has 0 saturated heterocycles. The van der Waals surface area contributed by atoms with E-state index in [9.17, 15) is 4.79 Å². The van der Waals surface area contributed by atoms with Crippen LogP contribution in [0.1, 0.15) is 16.6 Å². The second-order valence-electron chi connectivity index (χ2n) is 6.09. The highest BCUT2D eigenvalue weighted by Gasteiger charge is 2.18. The topological polar surface area (TPSA) is 68.8 Å². The maximum Gasteiger partial charge on any atom is 0.269 e. The smallest absolute Gasteiger partial charge is 0.269 e. The van der Waals surface area contributed by atoms with Crippen LogP contribution in [0.2, 0.25) is 5.02 Å². The quantitative estimate of drug-likeness (QED) is 0.357. The fourth-order valence-corrected chi connectivity index (χ4v) is 4.32. The van der Waals surface area contributed by atoms with Gasteiger partial charge >= 0.3 is 0 Å². The van der Waals surface area contributed by atoms with Crippen molar-refractivity contribution in [1.82, 2.24) is 5.32 Å². The normalized spacial score (nSPS) is 10.6. The van der Waals surface area contributed by atoms with Gasteiger partial charge in [0.2, 0.25) is 0 Å². The van der Waals surface area contributed by atoms with E-state index in [1.807, 2.05) is 37.3 Å². The molecule has 0 bridgehead atoms. The number of carbonyl (C=O) groups excluding carboxylic acids is 1. The van der Waals surface area contributed by atoms with Crippen LogP contribution in [0.4, 0.5) is 5.69 Å². The second-order valence-corrected chi connectivity index (χ2v) is 7.93. The van der Waals surface area contributed by atoms with E-state index in [2.05, 4.69) is 10.6 Å². The lowest BCUT2D eigenvalue weighted by Crippen LogP contribution is -2.33. The third kappa shape index (κ3) is 5.60. The summed E-state index contributed by atoms with van der Waals surface area (Å²) < 4.78 is 17.0. The van der Waals surface area contributed by atoms with Crippen LogP contribution in [-0.2, 0) is 4.74 Å². The Balaban J connectivity index is 1.63. The summed E-state index contributed by atoms with van der Waals surface area (Å²) in [7, 11) is 1.59. The average molecular weight is 465 g/mol. The van der Waals surface area contributed by atoms with E-state index >= 15 is 0 Å². The number of fused-ring (bicyclic) bond motifs is 1. The third-order valence-corrected chi connectivity index (χ3v) is 5.92. The van der Waals surface area contributed by atoms with Gasteiger partial charge in [0.25, 0.3) is 5.91 Å². The Hall–Kier alpha value is -2.39. The van der Waals surface area contributed by atoms with Gasteiger partial charge in [0.15, 0.2) is 5.11 Å². The Kier molecular flexibility index (Phi) is 7.87. The molecule has 158 valence electrons. The molecule has 0 fully saturated rings. The van der Waals surface area contributed by atoms with E-state index in [0.717, 1.165) is 10.1 Å². The largest absolute Gasteiger partial charge is 0.497 e. The molecule has 1 aromatic heterocycles. The first-order valence-electron chi connectivity index (χ1n) is 9.20. The molecule has 0 unspecified atom stereocenters. The van der Waals surface area contributed by atoms with Crippen molar-refractivity contribution >= 4 is 61.9 Å². The number of anilines is 1. The number of halogens is 1. The van der Waals surface area contributed by atoms with Crippen LogP contribution in [0.25, 0.3) is 10.1 Å². The average Bonchev–Trinajstić information content (AvgIpc) is 3.07. The zero-order chi connectivity index (χ0) is 21.5. The molecule has 3 aromatic rings. The predicted octanol–water partition coefficient (Wildman–Crippen LogP) is 5.11. The number of carbonyl (C=O) groups is 1. The third-order valence-electron chi connectivity index (χ3n) is 4.06. The maximum absolute atomic E-state index is 12.7. The van der Waals surface area contributed by atoms with Crippen LogP contribution in [0.3, 0.4) is 0 Å². The molecule has 2 aromatic carbocycles. The molecule has 0 saturated carbocycles. The first kappa shape index (κ1) is 22.3. The number of rotatable bonds is 8. The highest BCUT2D eigenvalue weighted by atomic mass is 35.5. The number of hydrogen-bond donors (Lipinski definition) is 2. The number of amides is 1. The Morgan fingerprint density at radius 2 is 2.00 bits per heavy atom. The Morgan fingerprint density at radius 3 is 2.77 bits per heavy atom. The van der Waals surface area contributed by atoms with Crippen LogP contribution >= 0.6 is 35.2 Å². The van der Waals surface area contributed by atoms with Crippen molar-refractivity contribution in [3.8, 4) is 11.5 Å². The summed E-state index contributed by atoms with van der Waals surface area (Å²) in [5, 5.41) is 7.01. The van der Waals surface area contributed by atoms with Crippen LogP contribution < -0.4 is 20.1 Å². The van der Waals surface area contributed by atoms with Gasteiger partial charge in [-0.1, -0.05) is 17.7 Å². The van der Waals surface area contributed by atoms with Crippen molar-refractivity contribution in [3.05, 3.63) is 52.4 Å². The van der Waals surface area contributed by atoms with Gasteiger partial charge in [-0.25, -0.2) is 0 Å². The van der Waals surface area contributed by atoms with E-state index in [4.69, 9.17) is 38.0 Å². The first-order chi connectivity index (χ1) is 14.5. The lowest BCUT2D eigenvalue weighted by atomic mass is 10.2. The van der Waals surface area contributed by atoms with Crippen molar-refractivity contribution in [3.63, 3.8) is 0 Å². The van der Waals surface area contributed by atoms with Crippen LogP contribution in [0.15, 0.2) is 42.5 Å². The van der Waals surface area contributed by atoms with E-state index < -0.39 is 0 Å². The molecule has 1 amide bonds. The van der Waals surface area contributed by atoms with Crippen LogP contribution in [0, 0.1) is 0 Å². The molecule has 0 aliphatic carbocycles. The first-order valence-corrected chi connectivity index (χ1v) is 10.8. The number of thiophene rings is 1. The van der Waals surface area contributed by atoms with Gasteiger partial charge in [-0.05, 0) is 49.5 Å². The minimum atomic E-state index is -0.373. The number of benzene rings is 2. The summed E-state index contributed by atoms with van der Waals surface area (Å²) in [6.45, 7) is 3.55. The van der Waals surface area contributed by atoms with Crippen molar-refractivity contribution in [2.24, 2.45) is 0 Å². The van der Waals surface area contributed by atoms with Gasteiger partial charge in [-0.2, -0.15) is 0 Å². The van der Waals surface area contributed by atoms with Crippen molar-refractivity contribution in [2.45, 2.75) is 6.92 Å². The number of thiocarbonyl (C=S) groups is 1. The molecular formula is C21H21ClN2O4S2. The number of hydrogen-bond acceptors (Lipinski definition) is 6. The molecular weight excluding hydrogens is 444 g/mol. The van der Waals surface area contributed by atoms with Crippen LogP contribution in [0.5, 0.6) is 11.5 Å². The molecule has 9 heteroatoms. The highest BCUT2D eigenvalue weighted by molar-refractivity contribution is 7.80. The molecule has 0 aliphatic rings. The van der Waals surface area contributed by atoms with Gasteiger partial charge in [-0.3, -0.25) is 10.1 Å². The minimum absolute atomic E-state index is 0.164. The molecule has 6 nitrogen and oxygen atoms in total. The lowest BCUT2D eigenvalue weighted by Gasteiger charge is -2.11. The zero-order valence-electron chi connectivity index (χ0n) is 16.5. The molecule has 3 rings (SSSR count). The zero-order valence-corrected chi connectivity index (χ0v) is 18.9. The Bertz CT molecular complexity index is 1050. The van der Waals surface area contributed by atoms with Gasteiger partial charge in [0.05, 0.1) is 18.7 Å². The standard InChI is InChI=1S/C21H21ClN2O4S2/c1-3-27-9-10-28-15-6-4-5-13(11-15)23-21(29)24-20(25)19-18(22)16-8-7-14(26-2)12-17(16)30-19/h4-8,11-12H,3,9-10H2,1-2H3,(H2,23,24,25,29). The van der Waals surface area contributed by atoms with Crippen molar-refractivity contribution < 1.29 is 19.0 Å². The Labute approximate surface area is 189 Å². The summed E-state index contributed by atoms with van der Waals surface area (Å²) in [5.74, 6) is 1.00. The van der Waals surface area contributed by atoms with Gasteiger partial charge < -0.3 is 19.5 Å². The summed E-state index contributed by atoms with van der Waals surface area (Å²) in [5.41, 5.74) is 0.696. The van der Waals surface area contributed by atoms with E-state index in [1.54, 1.807) is 19.2 Å². The number of ether oxygens (including phenoxy) is 3. The minimum Gasteiger partial charge on any atom is -0.497 e. The van der Waals surface area contributed by atoms with Crippen LogP contribution in [-0.4, -0.2) is 38.0 Å². The molecule has 0 aliphatic heterocycles. The monoisotopic (exact) mass is 464 g/mol. The second kappa shape index (κ2) is 10.6. The molecule has 0 radical (unpaired) electrons. The fraction of sp³-hybridized carbons (Fsp3) is 0.238. The number of methoxy groups -OCH3 is 1. The predicted molar refractivity (Wildman–Crippen MR) is 126 cm³/mol. The summed E-state index contributed by atoms with van der Waals surface area (Å²) in [6, 6.07) is 12.8. The fourth-order valence-electron chi connectivity index (χ4n) is 2.67. The van der Waals surface area contributed by atoms with Crippen molar-refractivity contribution in [2.75, 3.05) is 32.2 Å². The maximum atomic E-state index is 12.7. The lowest BCUT2D eigenvalue weighted by molar-refractivity contribution is 0.0982. The number of nitrogens with one attached hydrogen (secondary N) is 2. The molecule has 2 N–H and O–H groups in total. The van der Waals surface area contributed by atoms with Gasteiger partial charge in [-0.15, -0.1) is 11.3 Å². The molecule has 0 spiro atoms. The van der Waals surface area contributed by atoms with E-state index in [0.29, 0.717) is 46.9 Å². The van der Waals surface area contributed by atoms with Gasteiger partial charge in [0.1, 0.15) is 23.0 Å². The Morgan fingerprint density at radius 1 is 1.17 bits per heavy atom. The highest BCUT2D eigenvalue weighted by Crippen LogP contribution is 2.37. The summed E-state index contributed by atoms with van der Waals surface area (Å²) in [6.07, 6.45) is 0.